The van der Waals surface area contributed by atoms with Gasteiger partial charge in [-0.15, -0.1) is 0 Å². The highest BCUT2D eigenvalue weighted by molar-refractivity contribution is 5.94. The fourth-order valence-corrected chi connectivity index (χ4v) is 1.92. The molecule has 0 radical (unpaired) electrons. The van der Waals surface area contributed by atoms with E-state index in [1.807, 2.05) is 0 Å². The molecule has 3 rings (SSSR count). The highest BCUT2D eigenvalue weighted by Crippen LogP contribution is 2.34. The van der Waals surface area contributed by atoms with E-state index >= 15 is 0 Å². The van der Waals surface area contributed by atoms with Crippen LogP contribution in [-0.2, 0) is 9.53 Å². The van der Waals surface area contributed by atoms with Crippen LogP contribution in [0.25, 0.3) is 0 Å². The Morgan fingerprint density at radius 2 is 2.11 bits per heavy atom. The molecule has 7 heteroatoms. The first-order chi connectivity index (χ1) is 9.22. The number of hydrogen-bond acceptors (Lipinski definition) is 5. The van der Waals surface area contributed by atoms with Crippen molar-refractivity contribution in [3.8, 4) is 11.5 Å². The lowest BCUT2D eigenvalue weighted by Gasteiger charge is -2.12. The molecule has 0 aromatic heterocycles. The standard InChI is InChI=1S/C12H12N2O5/c15-11(6-14-3-4-17-12(14)16)13-8-1-2-9-10(5-8)19-7-18-9/h1-2,5H,3-4,6-7H2,(H,13,15). The number of nitrogens with zero attached hydrogens (tertiary/aromatic N) is 1. The number of fused-ring (bicyclic) bond motifs is 1. The number of hydrogen-bond donors (Lipinski definition) is 1. The molecule has 100 valence electrons. The van der Waals surface area contributed by atoms with E-state index in [1.165, 1.54) is 4.90 Å². The van der Waals surface area contributed by atoms with E-state index in [-0.39, 0.29) is 19.2 Å². The van der Waals surface area contributed by atoms with E-state index in [2.05, 4.69) is 5.32 Å². The van der Waals surface area contributed by atoms with E-state index in [9.17, 15) is 9.59 Å². The fourth-order valence-electron chi connectivity index (χ4n) is 1.92. The maximum atomic E-state index is 11.8. The summed E-state index contributed by atoms with van der Waals surface area (Å²) in [7, 11) is 0. The number of anilines is 1. The maximum Gasteiger partial charge on any atom is 0.410 e. The number of cyclic esters (lactones) is 1. The minimum Gasteiger partial charge on any atom is -0.454 e. The molecule has 1 aromatic rings. The molecule has 1 N–H and O–H groups in total. The molecule has 2 aliphatic heterocycles. The third-order valence-corrected chi connectivity index (χ3v) is 2.84. The predicted molar refractivity (Wildman–Crippen MR) is 64.1 cm³/mol. The highest BCUT2D eigenvalue weighted by atomic mass is 16.7. The number of carbonyl (C=O) groups is 2. The van der Waals surface area contributed by atoms with Crippen LogP contribution >= 0.6 is 0 Å². The zero-order chi connectivity index (χ0) is 13.2. The Kier molecular flexibility index (Phi) is 2.86. The molecule has 0 saturated carbocycles. The quantitative estimate of drug-likeness (QED) is 0.874. The van der Waals surface area contributed by atoms with Gasteiger partial charge in [0.15, 0.2) is 11.5 Å². The normalized spacial score (nSPS) is 16.4. The lowest BCUT2D eigenvalue weighted by molar-refractivity contribution is -0.116. The van der Waals surface area contributed by atoms with Crippen molar-refractivity contribution in [1.82, 2.24) is 4.90 Å². The van der Waals surface area contributed by atoms with Crippen LogP contribution in [-0.4, -0.2) is 43.4 Å². The molecule has 1 fully saturated rings. The summed E-state index contributed by atoms with van der Waals surface area (Å²) in [5.74, 6) is 0.970. The lowest BCUT2D eigenvalue weighted by Crippen LogP contribution is -2.33. The lowest BCUT2D eigenvalue weighted by atomic mass is 10.2. The number of amides is 2. The third kappa shape index (κ3) is 2.40. The molecule has 2 amide bonds. The van der Waals surface area contributed by atoms with E-state index in [0.717, 1.165) is 0 Å². The zero-order valence-corrected chi connectivity index (χ0v) is 10.0. The highest BCUT2D eigenvalue weighted by Gasteiger charge is 2.24. The summed E-state index contributed by atoms with van der Waals surface area (Å²) in [4.78, 5) is 24.3. The van der Waals surface area contributed by atoms with Crippen molar-refractivity contribution in [2.75, 3.05) is 31.8 Å². The molecule has 1 aromatic carbocycles. The minimum atomic E-state index is -0.458. The van der Waals surface area contributed by atoms with Crippen LogP contribution in [0.2, 0.25) is 0 Å². The molecular weight excluding hydrogens is 252 g/mol. The topological polar surface area (TPSA) is 77.1 Å². The Hall–Kier alpha value is -2.44. The second-order valence-electron chi connectivity index (χ2n) is 4.15. The third-order valence-electron chi connectivity index (χ3n) is 2.84. The number of benzene rings is 1. The van der Waals surface area contributed by atoms with Gasteiger partial charge in [0.1, 0.15) is 13.2 Å². The van der Waals surface area contributed by atoms with Crippen molar-refractivity contribution in [3.05, 3.63) is 18.2 Å². The number of nitrogens with one attached hydrogen (secondary N) is 1. The van der Waals surface area contributed by atoms with Crippen molar-refractivity contribution in [2.24, 2.45) is 0 Å². The van der Waals surface area contributed by atoms with Gasteiger partial charge < -0.3 is 19.5 Å². The van der Waals surface area contributed by atoms with Gasteiger partial charge in [0, 0.05) is 11.8 Å². The molecule has 2 aliphatic rings. The summed E-state index contributed by atoms with van der Waals surface area (Å²) in [5.41, 5.74) is 0.599. The first-order valence-corrected chi connectivity index (χ1v) is 5.83. The Labute approximate surface area is 109 Å². The molecular formula is C12H12N2O5. The van der Waals surface area contributed by atoms with Gasteiger partial charge in [0.25, 0.3) is 0 Å². The largest absolute Gasteiger partial charge is 0.454 e. The zero-order valence-electron chi connectivity index (χ0n) is 10.0. The molecule has 0 bridgehead atoms. The van der Waals surface area contributed by atoms with Gasteiger partial charge in [-0.25, -0.2) is 4.79 Å². The molecule has 0 aliphatic carbocycles. The van der Waals surface area contributed by atoms with Crippen LogP contribution in [0.1, 0.15) is 0 Å². The van der Waals surface area contributed by atoms with Crippen molar-refractivity contribution in [1.29, 1.82) is 0 Å². The van der Waals surface area contributed by atoms with Crippen molar-refractivity contribution in [2.45, 2.75) is 0 Å². The van der Waals surface area contributed by atoms with E-state index in [1.54, 1.807) is 18.2 Å². The second-order valence-corrected chi connectivity index (χ2v) is 4.15. The second kappa shape index (κ2) is 4.68. The minimum absolute atomic E-state index is 0.0206. The number of carbonyl (C=O) groups excluding carboxylic acids is 2. The van der Waals surface area contributed by atoms with Crippen molar-refractivity contribution >= 4 is 17.7 Å². The van der Waals surface area contributed by atoms with Gasteiger partial charge in [-0.2, -0.15) is 0 Å². The summed E-state index contributed by atoms with van der Waals surface area (Å²) in [6, 6.07) is 5.12. The van der Waals surface area contributed by atoms with Crippen LogP contribution in [0.3, 0.4) is 0 Å². The molecule has 2 heterocycles. The van der Waals surface area contributed by atoms with E-state index in [0.29, 0.717) is 30.3 Å². The number of rotatable bonds is 3. The molecule has 0 spiro atoms. The van der Waals surface area contributed by atoms with Crippen LogP contribution in [0.5, 0.6) is 11.5 Å². The van der Waals surface area contributed by atoms with Gasteiger partial charge in [-0.1, -0.05) is 0 Å². The summed E-state index contributed by atoms with van der Waals surface area (Å²) in [5, 5.41) is 2.70. The van der Waals surface area contributed by atoms with E-state index < -0.39 is 6.09 Å². The molecule has 1 saturated heterocycles. The van der Waals surface area contributed by atoms with Crippen LogP contribution in [0.15, 0.2) is 18.2 Å². The Bertz CT molecular complexity index is 531. The summed E-state index contributed by atoms with van der Waals surface area (Å²) >= 11 is 0. The first kappa shape index (κ1) is 11.6. The Balaban J connectivity index is 1.61. The molecule has 0 unspecified atom stereocenters. The summed E-state index contributed by atoms with van der Waals surface area (Å²) in [6.07, 6.45) is -0.458. The van der Waals surface area contributed by atoms with Gasteiger partial charge >= 0.3 is 6.09 Å². The summed E-state index contributed by atoms with van der Waals surface area (Å²) < 4.78 is 15.1. The Morgan fingerprint density at radius 1 is 1.26 bits per heavy atom. The Morgan fingerprint density at radius 3 is 2.89 bits per heavy atom. The van der Waals surface area contributed by atoms with Crippen LogP contribution in [0.4, 0.5) is 10.5 Å². The smallest absolute Gasteiger partial charge is 0.410 e. The average molecular weight is 264 g/mol. The fraction of sp³-hybridized carbons (Fsp3) is 0.333. The van der Waals surface area contributed by atoms with Gasteiger partial charge in [-0.3, -0.25) is 9.69 Å². The maximum absolute atomic E-state index is 11.8. The molecule has 7 nitrogen and oxygen atoms in total. The van der Waals surface area contributed by atoms with Crippen molar-refractivity contribution < 1.29 is 23.8 Å². The average Bonchev–Trinajstić information content (AvgIpc) is 2.98. The van der Waals surface area contributed by atoms with Crippen LogP contribution < -0.4 is 14.8 Å². The first-order valence-electron chi connectivity index (χ1n) is 5.83. The summed E-state index contributed by atoms with van der Waals surface area (Å²) in [6.45, 7) is 0.934. The number of ether oxygens (including phenoxy) is 3. The molecule has 19 heavy (non-hydrogen) atoms. The van der Waals surface area contributed by atoms with Crippen LogP contribution in [0, 0.1) is 0 Å². The van der Waals surface area contributed by atoms with Gasteiger partial charge in [0.2, 0.25) is 12.7 Å². The monoisotopic (exact) mass is 264 g/mol. The molecule has 0 atom stereocenters. The van der Waals surface area contributed by atoms with E-state index in [4.69, 9.17) is 14.2 Å². The van der Waals surface area contributed by atoms with Gasteiger partial charge in [0.05, 0.1) is 6.54 Å². The predicted octanol–water partition coefficient (Wildman–Crippen LogP) is 0.806. The van der Waals surface area contributed by atoms with Gasteiger partial charge in [-0.05, 0) is 12.1 Å². The van der Waals surface area contributed by atoms with Crippen molar-refractivity contribution in [3.63, 3.8) is 0 Å². The SMILES string of the molecule is O=C(CN1CCOC1=O)Nc1ccc2c(c1)OCO2.